The fraction of sp³-hybridized carbons (Fsp3) is 0.167. The molecule has 0 radical (unpaired) electrons. The van der Waals surface area contributed by atoms with Crippen LogP contribution in [-0.4, -0.2) is 11.7 Å². The van der Waals surface area contributed by atoms with Crippen molar-refractivity contribution in [3.63, 3.8) is 0 Å². The zero-order valence-corrected chi connectivity index (χ0v) is 11.6. The largest absolute Gasteiger partial charge is 0.272 e. The lowest BCUT2D eigenvalue weighted by Gasteiger charge is -2.04. The van der Waals surface area contributed by atoms with Crippen molar-refractivity contribution < 1.29 is 0 Å². The Balaban J connectivity index is 2.57. The van der Waals surface area contributed by atoms with Gasteiger partial charge in [0, 0.05) is 10.2 Å². The Hall–Kier alpha value is -1.25. The summed E-state index contributed by atoms with van der Waals surface area (Å²) in [6.07, 6.45) is 3.57. The van der Waals surface area contributed by atoms with Gasteiger partial charge in [-0.1, -0.05) is 45.9 Å². The molecular formula is C12H12BrN3S. The molecule has 0 spiro atoms. The number of amidine groups is 1. The van der Waals surface area contributed by atoms with Gasteiger partial charge in [0.15, 0.2) is 11.4 Å². The molecule has 5 heteroatoms. The number of nitrogens with one attached hydrogen (secondary N) is 1. The van der Waals surface area contributed by atoms with E-state index >= 15 is 0 Å². The first-order valence-corrected chi connectivity index (χ1v) is 6.72. The van der Waals surface area contributed by atoms with E-state index in [1.807, 2.05) is 30.5 Å². The monoisotopic (exact) mass is 309 g/mol. The van der Waals surface area contributed by atoms with Crippen LogP contribution in [0.5, 0.6) is 0 Å². The summed E-state index contributed by atoms with van der Waals surface area (Å²) in [4.78, 5) is 4.19. The van der Waals surface area contributed by atoms with Gasteiger partial charge >= 0.3 is 0 Å². The van der Waals surface area contributed by atoms with Gasteiger partial charge in [-0.2, -0.15) is 5.26 Å². The predicted octanol–water partition coefficient (Wildman–Crippen LogP) is 3.29. The average molecular weight is 310 g/mol. The number of benzene rings is 1. The third-order valence-electron chi connectivity index (χ3n) is 1.79. The van der Waals surface area contributed by atoms with Crippen molar-refractivity contribution >= 4 is 32.9 Å². The molecule has 0 aliphatic carbocycles. The summed E-state index contributed by atoms with van der Waals surface area (Å²) < 4.78 is 1.05. The number of rotatable bonds is 4. The smallest absolute Gasteiger partial charge is 0.183 e. The van der Waals surface area contributed by atoms with E-state index in [0.29, 0.717) is 11.7 Å². The van der Waals surface area contributed by atoms with Crippen LogP contribution in [0.2, 0.25) is 0 Å². The summed E-state index contributed by atoms with van der Waals surface area (Å²) >= 11 is 4.92. The maximum atomic E-state index is 8.59. The van der Waals surface area contributed by atoms with Crippen molar-refractivity contribution in [1.29, 1.82) is 5.26 Å². The normalized spacial score (nSPS) is 10.7. The summed E-state index contributed by atoms with van der Waals surface area (Å²) in [6.45, 7) is 4.10. The molecular weight excluding hydrogens is 298 g/mol. The van der Waals surface area contributed by atoms with E-state index in [1.54, 1.807) is 6.08 Å². The molecule has 0 aliphatic rings. The maximum Gasteiger partial charge on any atom is 0.183 e. The Kier molecular flexibility index (Phi) is 6.45. The van der Waals surface area contributed by atoms with E-state index < -0.39 is 0 Å². The Morgan fingerprint density at radius 2 is 2.47 bits per heavy atom. The van der Waals surface area contributed by atoms with Crippen LogP contribution in [0.3, 0.4) is 0 Å². The number of nitriles is 1. The van der Waals surface area contributed by atoms with Crippen LogP contribution < -0.4 is 5.32 Å². The molecule has 1 aromatic rings. The molecule has 0 heterocycles. The Morgan fingerprint density at radius 3 is 3.12 bits per heavy atom. The van der Waals surface area contributed by atoms with E-state index in [0.717, 1.165) is 10.2 Å². The van der Waals surface area contributed by atoms with Crippen LogP contribution in [-0.2, 0) is 5.75 Å². The minimum absolute atomic E-state index is 0.509. The molecule has 0 atom stereocenters. The standard InChI is InChI=1S/C12H12BrN3S/c1-2-6-15-12(16-9-14)17-8-10-4-3-5-11(13)7-10/h2-5,7H,1,6,8H2,(H,15,16). The highest BCUT2D eigenvalue weighted by molar-refractivity contribution is 9.10. The first-order valence-electron chi connectivity index (χ1n) is 4.94. The van der Waals surface area contributed by atoms with Gasteiger partial charge in [-0.15, -0.1) is 6.58 Å². The summed E-state index contributed by atoms with van der Waals surface area (Å²) in [5.74, 6) is 0.768. The quantitative estimate of drug-likeness (QED) is 0.305. The highest BCUT2D eigenvalue weighted by Gasteiger charge is 2.00. The first kappa shape index (κ1) is 13.8. The zero-order valence-electron chi connectivity index (χ0n) is 9.19. The van der Waals surface area contributed by atoms with E-state index in [2.05, 4.69) is 32.8 Å². The summed E-state index contributed by atoms with van der Waals surface area (Å²) in [6, 6.07) is 8.05. The minimum atomic E-state index is 0.509. The second-order valence-corrected chi connectivity index (χ2v) is 4.97. The molecule has 1 rings (SSSR count). The molecule has 0 fully saturated rings. The Morgan fingerprint density at radius 1 is 1.65 bits per heavy atom. The molecule has 0 bridgehead atoms. The van der Waals surface area contributed by atoms with E-state index in [4.69, 9.17) is 5.26 Å². The lowest BCUT2D eigenvalue weighted by molar-refractivity contribution is 1.19. The van der Waals surface area contributed by atoms with E-state index in [9.17, 15) is 0 Å². The van der Waals surface area contributed by atoms with Crippen molar-refractivity contribution in [1.82, 2.24) is 5.32 Å². The molecule has 1 aromatic carbocycles. The number of hydrogen-bond donors (Lipinski definition) is 1. The summed E-state index contributed by atoms with van der Waals surface area (Å²) in [5, 5.41) is 11.8. The van der Waals surface area contributed by atoms with Crippen LogP contribution >= 0.6 is 27.7 Å². The number of halogens is 1. The lowest BCUT2D eigenvalue weighted by Crippen LogP contribution is -2.14. The first-order chi connectivity index (χ1) is 8.26. The summed E-state index contributed by atoms with van der Waals surface area (Å²) in [7, 11) is 0. The van der Waals surface area contributed by atoms with Gasteiger partial charge in [0.1, 0.15) is 0 Å². The van der Waals surface area contributed by atoms with Crippen molar-refractivity contribution in [2.75, 3.05) is 6.54 Å². The van der Waals surface area contributed by atoms with Crippen LogP contribution in [0.15, 0.2) is 46.4 Å². The van der Waals surface area contributed by atoms with Gasteiger partial charge in [-0.3, -0.25) is 10.3 Å². The van der Waals surface area contributed by atoms with Crippen LogP contribution in [0.1, 0.15) is 5.56 Å². The Labute approximate surface area is 114 Å². The number of hydrogen-bond acceptors (Lipinski definition) is 3. The van der Waals surface area contributed by atoms with E-state index in [1.165, 1.54) is 17.3 Å². The van der Waals surface area contributed by atoms with Gasteiger partial charge in [0.2, 0.25) is 0 Å². The predicted molar refractivity (Wildman–Crippen MR) is 76.7 cm³/mol. The molecule has 0 aromatic heterocycles. The topological polar surface area (TPSA) is 48.2 Å². The summed E-state index contributed by atoms with van der Waals surface area (Å²) in [5.41, 5.74) is 1.18. The van der Waals surface area contributed by atoms with Gasteiger partial charge in [-0.05, 0) is 17.7 Å². The molecule has 0 amide bonds. The second kappa shape index (κ2) is 7.93. The molecule has 0 aliphatic heterocycles. The SMILES string of the molecule is C=CCN=C(NC#N)SCc1cccc(Br)c1. The van der Waals surface area contributed by atoms with Crippen molar-refractivity contribution in [2.24, 2.45) is 4.99 Å². The minimum Gasteiger partial charge on any atom is -0.272 e. The third-order valence-corrected chi connectivity index (χ3v) is 3.27. The average Bonchev–Trinajstić information content (AvgIpc) is 2.33. The van der Waals surface area contributed by atoms with Gasteiger partial charge < -0.3 is 0 Å². The zero-order chi connectivity index (χ0) is 12.5. The van der Waals surface area contributed by atoms with Crippen LogP contribution in [0, 0.1) is 11.5 Å². The van der Waals surface area contributed by atoms with Crippen molar-refractivity contribution in [3.8, 4) is 6.19 Å². The highest BCUT2D eigenvalue weighted by Crippen LogP contribution is 2.17. The molecule has 0 saturated carbocycles. The molecule has 1 N–H and O–H groups in total. The van der Waals surface area contributed by atoms with Gasteiger partial charge in [-0.25, -0.2) is 0 Å². The van der Waals surface area contributed by atoms with Crippen LogP contribution in [0.25, 0.3) is 0 Å². The lowest BCUT2D eigenvalue weighted by atomic mass is 10.2. The molecule has 0 saturated heterocycles. The number of aliphatic imine (C=N–C) groups is 1. The second-order valence-electron chi connectivity index (χ2n) is 3.09. The molecule has 0 unspecified atom stereocenters. The van der Waals surface area contributed by atoms with Crippen molar-refractivity contribution in [2.45, 2.75) is 5.75 Å². The molecule has 17 heavy (non-hydrogen) atoms. The fourth-order valence-corrected chi connectivity index (χ4v) is 2.31. The van der Waals surface area contributed by atoms with Crippen LogP contribution in [0.4, 0.5) is 0 Å². The number of thioether (sulfide) groups is 1. The maximum absolute atomic E-state index is 8.59. The highest BCUT2D eigenvalue weighted by atomic mass is 79.9. The third kappa shape index (κ3) is 5.57. The fourth-order valence-electron chi connectivity index (χ4n) is 1.09. The van der Waals surface area contributed by atoms with Crippen molar-refractivity contribution in [3.05, 3.63) is 47.0 Å². The number of nitrogens with zero attached hydrogens (tertiary/aromatic N) is 2. The molecule has 88 valence electrons. The van der Waals surface area contributed by atoms with Gasteiger partial charge in [0.25, 0.3) is 0 Å². The Bertz CT molecular complexity index is 451. The van der Waals surface area contributed by atoms with E-state index in [-0.39, 0.29) is 0 Å². The molecule has 3 nitrogen and oxygen atoms in total. The van der Waals surface area contributed by atoms with Gasteiger partial charge in [0.05, 0.1) is 6.54 Å².